The summed E-state index contributed by atoms with van der Waals surface area (Å²) in [4.78, 5) is 26.1. The average Bonchev–Trinajstić information content (AvgIpc) is 2.84. The number of hydrogen-bond donors (Lipinski definition) is 2. The molecule has 4 nitrogen and oxygen atoms in total. The van der Waals surface area contributed by atoms with E-state index in [4.69, 9.17) is 0 Å². The summed E-state index contributed by atoms with van der Waals surface area (Å²) >= 11 is 0.931. The number of aromatic nitrogens is 1. The number of hydrogen-bond acceptors (Lipinski definition) is 3. The van der Waals surface area contributed by atoms with Crippen LogP contribution in [0.15, 0.2) is 29.3 Å². The zero-order chi connectivity index (χ0) is 12.7. The normalized spacial score (nSPS) is 17.7. The Morgan fingerprint density at radius 1 is 1.28 bits per heavy atom. The first-order valence-corrected chi connectivity index (χ1v) is 6.28. The highest BCUT2D eigenvalue weighted by molar-refractivity contribution is 8.18. The van der Waals surface area contributed by atoms with Gasteiger partial charge >= 0.3 is 0 Å². The van der Waals surface area contributed by atoms with Gasteiger partial charge in [0.15, 0.2) is 0 Å². The van der Waals surface area contributed by atoms with Crippen molar-refractivity contribution in [3.63, 3.8) is 0 Å². The molecule has 6 heteroatoms. The summed E-state index contributed by atoms with van der Waals surface area (Å²) < 4.78 is 0. The van der Waals surface area contributed by atoms with Crippen molar-refractivity contribution in [3.05, 3.63) is 34.9 Å². The number of rotatable bonds is 1. The monoisotopic (exact) mass is 256 g/mol. The zero-order valence-electron chi connectivity index (χ0n) is 9.61. The van der Waals surface area contributed by atoms with E-state index in [9.17, 15) is 9.59 Å². The Morgan fingerprint density at radius 2 is 2.11 bits per heavy atom. The second kappa shape index (κ2) is 4.06. The molecule has 2 heterocycles. The van der Waals surface area contributed by atoms with Gasteiger partial charge in [-0.15, -0.1) is 0 Å². The molecule has 0 spiro atoms. The standard InChI is InChI=1S/C12H9BN2O2S/c13-7-1-2-8-6(5-14-9(8)4-7)3-10-11(16)15-12(17)18-10/h1-5,14H,13H2,(H,15,16,17)/b10-3-. The van der Waals surface area contributed by atoms with Gasteiger partial charge in [0.25, 0.3) is 11.1 Å². The van der Waals surface area contributed by atoms with Crippen molar-refractivity contribution < 1.29 is 9.59 Å². The van der Waals surface area contributed by atoms with Gasteiger partial charge in [-0.3, -0.25) is 14.9 Å². The van der Waals surface area contributed by atoms with Crippen LogP contribution in [0, 0.1) is 0 Å². The second-order valence-electron chi connectivity index (χ2n) is 4.15. The molecule has 1 aromatic carbocycles. The molecule has 3 rings (SSSR count). The summed E-state index contributed by atoms with van der Waals surface area (Å²) in [5.41, 5.74) is 3.11. The number of H-pyrrole nitrogens is 1. The summed E-state index contributed by atoms with van der Waals surface area (Å²) in [7, 11) is 2.03. The summed E-state index contributed by atoms with van der Waals surface area (Å²) in [6.45, 7) is 0. The maximum Gasteiger partial charge on any atom is 0.290 e. The van der Waals surface area contributed by atoms with E-state index in [0.717, 1.165) is 28.2 Å². The van der Waals surface area contributed by atoms with Crippen molar-refractivity contribution in [3.8, 4) is 0 Å². The van der Waals surface area contributed by atoms with E-state index < -0.39 is 0 Å². The van der Waals surface area contributed by atoms with Gasteiger partial charge in [-0.2, -0.15) is 0 Å². The first-order valence-electron chi connectivity index (χ1n) is 5.46. The number of amides is 2. The highest BCUT2D eigenvalue weighted by atomic mass is 32.2. The summed E-state index contributed by atoms with van der Waals surface area (Å²) in [6, 6.07) is 6.07. The van der Waals surface area contributed by atoms with Crippen LogP contribution >= 0.6 is 11.8 Å². The quantitative estimate of drug-likeness (QED) is 0.584. The van der Waals surface area contributed by atoms with Crippen LogP contribution in [-0.2, 0) is 4.79 Å². The largest absolute Gasteiger partial charge is 0.361 e. The van der Waals surface area contributed by atoms with Crippen LogP contribution in [-0.4, -0.2) is 24.0 Å². The smallest absolute Gasteiger partial charge is 0.290 e. The van der Waals surface area contributed by atoms with E-state index in [0.29, 0.717) is 4.91 Å². The van der Waals surface area contributed by atoms with Gasteiger partial charge in [-0.25, -0.2) is 0 Å². The molecule has 1 saturated heterocycles. The van der Waals surface area contributed by atoms with E-state index in [1.807, 2.05) is 32.2 Å². The molecule has 0 aliphatic carbocycles. The fraction of sp³-hybridized carbons (Fsp3) is 0. The Morgan fingerprint density at radius 3 is 2.83 bits per heavy atom. The Kier molecular flexibility index (Phi) is 2.52. The Hall–Kier alpha value is -1.95. The van der Waals surface area contributed by atoms with Crippen molar-refractivity contribution in [2.24, 2.45) is 0 Å². The van der Waals surface area contributed by atoms with Crippen LogP contribution in [0.1, 0.15) is 5.56 Å². The van der Waals surface area contributed by atoms with Crippen molar-refractivity contribution in [1.29, 1.82) is 0 Å². The van der Waals surface area contributed by atoms with Crippen LogP contribution in [0.25, 0.3) is 17.0 Å². The number of carbonyl (C=O) groups excluding carboxylic acids is 2. The molecule has 0 radical (unpaired) electrons. The van der Waals surface area contributed by atoms with Crippen LogP contribution in [0.2, 0.25) is 0 Å². The summed E-state index contributed by atoms with van der Waals surface area (Å²) in [6.07, 6.45) is 3.58. The van der Waals surface area contributed by atoms with Crippen LogP contribution in [0.4, 0.5) is 4.79 Å². The SMILES string of the molecule is Bc1ccc2c(/C=C3\SC(=O)NC3=O)c[nH]c2c1. The minimum atomic E-state index is -0.327. The molecule has 0 saturated carbocycles. The number of thioether (sulfide) groups is 1. The van der Waals surface area contributed by atoms with E-state index in [1.54, 1.807) is 6.08 Å². The molecule has 1 aliphatic heterocycles. The molecule has 0 bridgehead atoms. The van der Waals surface area contributed by atoms with Crippen molar-refractivity contribution in [2.45, 2.75) is 0 Å². The van der Waals surface area contributed by atoms with E-state index in [-0.39, 0.29) is 11.1 Å². The van der Waals surface area contributed by atoms with Gasteiger partial charge in [0.2, 0.25) is 0 Å². The van der Waals surface area contributed by atoms with E-state index in [1.165, 1.54) is 5.46 Å². The highest BCUT2D eigenvalue weighted by Crippen LogP contribution is 2.28. The van der Waals surface area contributed by atoms with Gasteiger partial charge in [0.05, 0.1) is 4.91 Å². The summed E-state index contributed by atoms with van der Waals surface area (Å²) in [5, 5.41) is 2.97. The maximum absolute atomic E-state index is 11.5. The van der Waals surface area contributed by atoms with Gasteiger partial charge in [-0.1, -0.05) is 17.6 Å². The second-order valence-corrected chi connectivity index (χ2v) is 5.16. The molecule has 0 atom stereocenters. The van der Waals surface area contributed by atoms with Crippen molar-refractivity contribution in [2.75, 3.05) is 0 Å². The predicted octanol–water partition coefficient (Wildman–Crippen LogP) is 0.750. The van der Waals surface area contributed by atoms with E-state index in [2.05, 4.69) is 10.3 Å². The third-order valence-electron chi connectivity index (χ3n) is 2.80. The van der Waals surface area contributed by atoms with E-state index >= 15 is 0 Å². The van der Waals surface area contributed by atoms with Gasteiger partial charge < -0.3 is 4.98 Å². The predicted molar refractivity (Wildman–Crippen MR) is 75.6 cm³/mol. The Balaban J connectivity index is 2.08. The molecule has 18 heavy (non-hydrogen) atoms. The fourth-order valence-corrected chi connectivity index (χ4v) is 2.62. The lowest BCUT2D eigenvalue weighted by atomic mass is 9.95. The van der Waals surface area contributed by atoms with Gasteiger partial charge in [-0.05, 0) is 23.9 Å². The molecule has 88 valence electrons. The van der Waals surface area contributed by atoms with Crippen LogP contribution in [0.5, 0.6) is 0 Å². The maximum atomic E-state index is 11.5. The topological polar surface area (TPSA) is 62.0 Å². The average molecular weight is 256 g/mol. The lowest BCUT2D eigenvalue weighted by Crippen LogP contribution is -2.17. The molecule has 0 unspecified atom stereocenters. The molecule has 1 aliphatic rings. The molecule has 2 aromatic rings. The van der Waals surface area contributed by atoms with Crippen molar-refractivity contribution >= 4 is 53.2 Å². The number of benzene rings is 1. The highest BCUT2D eigenvalue weighted by Gasteiger charge is 2.25. The number of carbonyl (C=O) groups is 2. The third-order valence-corrected chi connectivity index (χ3v) is 3.61. The Labute approximate surface area is 108 Å². The van der Waals surface area contributed by atoms with Gasteiger partial charge in [0, 0.05) is 22.7 Å². The van der Waals surface area contributed by atoms with Crippen molar-refractivity contribution in [1.82, 2.24) is 10.3 Å². The van der Waals surface area contributed by atoms with Crippen LogP contribution in [0.3, 0.4) is 0 Å². The van der Waals surface area contributed by atoms with Gasteiger partial charge in [0.1, 0.15) is 7.85 Å². The molecule has 2 amide bonds. The minimum absolute atomic E-state index is 0.318. The lowest BCUT2D eigenvalue weighted by Gasteiger charge is -1.95. The van der Waals surface area contributed by atoms with Crippen LogP contribution < -0.4 is 10.8 Å². The number of fused-ring (bicyclic) bond motifs is 1. The number of nitrogens with one attached hydrogen (secondary N) is 2. The molecule has 1 aromatic heterocycles. The molecule has 1 fully saturated rings. The number of imide groups is 1. The molecular formula is C12H9BN2O2S. The molecular weight excluding hydrogens is 247 g/mol. The first kappa shape index (κ1) is 11.2. The molecule has 2 N–H and O–H groups in total. The first-order chi connectivity index (χ1) is 8.63. The zero-order valence-corrected chi connectivity index (χ0v) is 10.4. The third kappa shape index (κ3) is 1.84. The minimum Gasteiger partial charge on any atom is -0.361 e. The summed E-state index contributed by atoms with van der Waals surface area (Å²) in [5.74, 6) is -0.327. The fourth-order valence-electron chi connectivity index (χ4n) is 1.94. The Bertz CT molecular complexity index is 705. The number of aromatic amines is 1. The lowest BCUT2D eigenvalue weighted by molar-refractivity contribution is -0.115.